The van der Waals surface area contributed by atoms with E-state index in [-0.39, 0.29) is 18.6 Å². The standard InChI is InChI=1S/C18H31N5O9S/c19-6-2-1-3-10(21-15(28)9(20)7-14(26)27)16(29)23-12(8-33)17(30)22-11(18(31)32)4-5-13(24)25/h9-12,33H,1-8,19-20H2,(H,21,28)(H,22,30)(H,23,29)(H,24,25)(H,26,27)(H,31,32). The zero-order valence-corrected chi connectivity index (χ0v) is 18.8. The summed E-state index contributed by atoms with van der Waals surface area (Å²) in [6.45, 7) is 0.329. The fraction of sp³-hybridized carbons (Fsp3) is 0.667. The van der Waals surface area contributed by atoms with Crippen molar-refractivity contribution in [1.29, 1.82) is 0 Å². The Balaban J connectivity index is 5.25. The zero-order valence-electron chi connectivity index (χ0n) is 17.9. The lowest BCUT2D eigenvalue weighted by molar-refractivity contribution is -0.143. The molecular weight excluding hydrogens is 462 g/mol. The van der Waals surface area contributed by atoms with Gasteiger partial charge in [0.2, 0.25) is 17.7 Å². The number of aliphatic carboxylic acids is 3. The molecule has 14 nitrogen and oxygen atoms in total. The summed E-state index contributed by atoms with van der Waals surface area (Å²) < 4.78 is 0. The van der Waals surface area contributed by atoms with Crippen LogP contribution >= 0.6 is 12.6 Å². The van der Waals surface area contributed by atoms with Gasteiger partial charge in [-0.2, -0.15) is 12.6 Å². The van der Waals surface area contributed by atoms with E-state index < -0.39 is 72.6 Å². The second-order valence-electron chi connectivity index (χ2n) is 7.13. The van der Waals surface area contributed by atoms with Crippen molar-refractivity contribution in [2.75, 3.05) is 12.3 Å². The van der Waals surface area contributed by atoms with Gasteiger partial charge in [-0.05, 0) is 32.2 Å². The van der Waals surface area contributed by atoms with Crippen LogP contribution in [0, 0.1) is 0 Å². The minimum Gasteiger partial charge on any atom is -0.481 e. The van der Waals surface area contributed by atoms with Crippen molar-refractivity contribution >= 4 is 48.3 Å². The lowest BCUT2D eigenvalue weighted by atomic mass is 10.1. The Kier molecular flexibility index (Phi) is 14.4. The van der Waals surface area contributed by atoms with Crippen LogP contribution in [0.3, 0.4) is 0 Å². The summed E-state index contributed by atoms with van der Waals surface area (Å²) in [7, 11) is 0. The number of thiol groups is 1. The molecule has 0 radical (unpaired) electrons. The normalized spacial score (nSPS) is 14.3. The van der Waals surface area contributed by atoms with Crippen molar-refractivity contribution in [2.45, 2.75) is 62.7 Å². The number of carboxylic acids is 3. The van der Waals surface area contributed by atoms with Crippen LogP contribution in [0.15, 0.2) is 0 Å². The number of nitrogens with two attached hydrogens (primary N) is 2. The minimum atomic E-state index is -1.50. The van der Waals surface area contributed by atoms with Crippen LogP contribution in [0.1, 0.15) is 38.5 Å². The molecule has 0 fully saturated rings. The molecule has 0 heterocycles. The van der Waals surface area contributed by atoms with Crippen molar-refractivity contribution < 1.29 is 44.1 Å². The molecule has 0 aliphatic heterocycles. The molecule has 0 aliphatic rings. The van der Waals surface area contributed by atoms with Gasteiger partial charge < -0.3 is 42.7 Å². The predicted octanol–water partition coefficient (Wildman–Crippen LogP) is -2.75. The van der Waals surface area contributed by atoms with Crippen LogP contribution in [0.2, 0.25) is 0 Å². The number of carbonyl (C=O) groups excluding carboxylic acids is 3. The Bertz CT molecular complexity index is 721. The molecule has 33 heavy (non-hydrogen) atoms. The van der Waals surface area contributed by atoms with E-state index in [4.69, 9.17) is 26.8 Å². The van der Waals surface area contributed by atoms with Gasteiger partial charge in [0.05, 0.1) is 12.5 Å². The summed E-state index contributed by atoms with van der Waals surface area (Å²) in [4.78, 5) is 70.0. The molecule has 10 N–H and O–H groups in total. The van der Waals surface area contributed by atoms with E-state index in [1.807, 2.05) is 0 Å². The van der Waals surface area contributed by atoms with E-state index in [2.05, 4.69) is 28.6 Å². The van der Waals surface area contributed by atoms with Crippen molar-refractivity contribution in [3.8, 4) is 0 Å². The number of hydrogen-bond donors (Lipinski definition) is 9. The highest BCUT2D eigenvalue weighted by Gasteiger charge is 2.30. The summed E-state index contributed by atoms with van der Waals surface area (Å²) in [5.41, 5.74) is 10.9. The summed E-state index contributed by atoms with van der Waals surface area (Å²) in [6.07, 6.45) is -0.453. The molecule has 4 atom stereocenters. The van der Waals surface area contributed by atoms with E-state index >= 15 is 0 Å². The first-order chi connectivity index (χ1) is 15.4. The Morgan fingerprint density at radius 1 is 0.758 bits per heavy atom. The molecule has 15 heteroatoms. The Labute approximate surface area is 195 Å². The molecule has 0 aromatic carbocycles. The fourth-order valence-corrected chi connectivity index (χ4v) is 2.84. The molecule has 0 aliphatic carbocycles. The van der Waals surface area contributed by atoms with Crippen LogP contribution in [0.25, 0.3) is 0 Å². The number of carbonyl (C=O) groups is 6. The van der Waals surface area contributed by atoms with Gasteiger partial charge in [-0.1, -0.05) is 0 Å². The second-order valence-corrected chi connectivity index (χ2v) is 7.49. The zero-order chi connectivity index (χ0) is 25.6. The van der Waals surface area contributed by atoms with Gasteiger partial charge in [-0.25, -0.2) is 4.79 Å². The summed E-state index contributed by atoms with van der Waals surface area (Å²) in [5, 5.41) is 33.5. The minimum absolute atomic E-state index is 0.117. The number of carboxylic acid groups (broad SMARTS) is 3. The molecular formula is C18H31N5O9S. The maximum absolute atomic E-state index is 12.7. The SMILES string of the molecule is NCCCCC(NC(=O)C(N)CC(=O)O)C(=O)NC(CS)C(=O)NC(CCC(=O)O)C(=O)O. The molecule has 3 amide bonds. The Morgan fingerprint density at radius 2 is 1.30 bits per heavy atom. The van der Waals surface area contributed by atoms with E-state index in [0.29, 0.717) is 19.4 Å². The molecule has 0 aromatic rings. The van der Waals surface area contributed by atoms with Crippen LogP contribution in [0.4, 0.5) is 0 Å². The topological polar surface area (TPSA) is 251 Å². The summed E-state index contributed by atoms with van der Waals surface area (Å²) in [5.74, 6) is -6.81. The molecule has 0 aromatic heterocycles. The lowest BCUT2D eigenvalue weighted by Gasteiger charge is -2.24. The smallest absolute Gasteiger partial charge is 0.326 e. The van der Waals surface area contributed by atoms with Crippen molar-refractivity contribution in [3.63, 3.8) is 0 Å². The number of amides is 3. The van der Waals surface area contributed by atoms with Gasteiger partial charge in [-0.15, -0.1) is 0 Å². The molecule has 0 bridgehead atoms. The van der Waals surface area contributed by atoms with Gasteiger partial charge in [-0.3, -0.25) is 24.0 Å². The first-order valence-corrected chi connectivity index (χ1v) is 10.7. The maximum Gasteiger partial charge on any atom is 0.326 e. The van der Waals surface area contributed by atoms with Gasteiger partial charge in [0, 0.05) is 12.2 Å². The van der Waals surface area contributed by atoms with Gasteiger partial charge in [0.25, 0.3) is 0 Å². The van der Waals surface area contributed by atoms with Crippen molar-refractivity contribution in [1.82, 2.24) is 16.0 Å². The maximum atomic E-state index is 12.7. The third-order valence-corrected chi connectivity index (χ3v) is 4.75. The van der Waals surface area contributed by atoms with Crippen LogP contribution < -0.4 is 27.4 Å². The second kappa shape index (κ2) is 15.8. The monoisotopic (exact) mass is 493 g/mol. The lowest BCUT2D eigenvalue weighted by Crippen LogP contribution is -2.57. The van der Waals surface area contributed by atoms with Crippen molar-refractivity contribution in [3.05, 3.63) is 0 Å². The average Bonchev–Trinajstić information content (AvgIpc) is 2.72. The Hall–Kier alpha value is -2.91. The number of rotatable bonds is 17. The van der Waals surface area contributed by atoms with Crippen molar-refractivity contribution in [2.24, 2.45) is 11.5 Å². The van der Waals surface area contributed by atoms with Gasteiger partial charge in [0.15, 0.2) is 0 Å². The highest BCUT2D eigenvalue weighted by molar-refractivity contribution is 7.80. The van der Waals surface area contributed by atoms with Crippen LogP contribution in [0.5, 0.6) is 0 Å². The van der Waals surface area contributed by atoms with Crippen LogP contribution in [-0.2, 0) is 28.8 Å². The highest BCUT2D eigenvalue weighted by Crippen LogP contribution is 2.05. The third-order valence-electron chi connectivity index (χ3n) is 4.39. The van der Waals surface area contributed by atoms with Gasteiger partial charge >= 0.3 is 17.9 Å². The average molecular weight is 494 g/mol. The predicted molar refractivity (Wildman–Crippen MR) is 117 cm³/mol. The largest absolute Gasteiger partial charge is 0.481 e. The first kappa shape index (κ1) is 30.1. The molecule has 188 valence electrons. The van der Waals surface area contributed by atoms with Gasteiger partial charge in [0.1, 0.15) is 18.1 Å². The quantitative estimate of drug-likeness (QED) is 0.0741. The third kappa shape index (κ3) is 12.6. The van der Waals surface area contributed by atoms with E-state index in [0.717, 1.165) is 0 Å². The van der Waals surface area contributed by atoms with E-state index in [9.17, 15) is 28.8 Å². The van der Waals surface area contributed by atoms with E-state index in [1.165, 1.54) is 0 Å². The number of hydrogen-bond acceptors (Lipinski definition) is 9. The van der Waals surface area contributed by atoms with E-state index in [1.54, 1.807) is 0 Å². The summed E-state index contributed by atoms with van der Waals surface area (Å²) in [6, 6.07) is -5.36. The summed E-state index contributed by atoms with van der Waals surface area (Å²) >= 11 is 3.98. The highest BCUT2D eigenvalue weighted by atomic mass is 32.1. The molecule has 0 rings (SSSR count). The Morgan fingerprint density at radius 3 is 1.79 bits per heavy atom. The molecule has 4 unspecified atom stereocenters. The number of unbranched alkanes of at least 4 members (excludes halogenated alkanes) is 1. The molecule has 0 saturated heterocycles. The number of nitrogens with one attached hydrogen (secondary N) is 3. The first-order valence-electron chi connectivity index (χ1n) is 10.1. The van der Waals surface area contributed by atoms with Crippen LogP contribution in [-0.4, -0.2) is 87.4 Å². The molecule has 0 saturated carbocycles. The fourth-order valence-electron chi connectivity index (χ4n) is 2.59. The molecule has 0 spiro atoms.